The number of alkyl halides is 2. The number of nitrogens with zero attached hydrogens (tertiary/aromatic N) is 1. The molecule has 0 aliphatic rings. The SMILES string of the molecule is Cc1ccc(OCCN(C)CC(=O)NCc2ccc(OC(F)F)cc2)cc1. The third-order valence-corrected chi connectivity index (χ3v) is 3.81. The van der Waals surface area contributed by atoms with Gasteiger partial charge in [-0.3, -0.25) is 9.69 Å². The summed E-state index contributed by atoms with van der Waals surface area (Å²) in [6.07, 6.45) is 0. The zero-order valence-electron chi connectivity index (χ0n) is 15.5. The molecule has 0 fully saturated rings. The van der Waals surface area contributed by atoms with Crippen LogP contribution in [0.5, 0.6) is 11.5 Å². The van der Waals surface area contributed by atoms with Crippen molar-refractivity contribution in [2.45, 2.75) is 20.1 Å². The fourth-order valence-electron chi connectivity index (χ4n) is 2.32. The molecule has 2 aromatic carbocycles. The zero-order chi connectivity index (χ0) is 19.6. The molecule has 1 amide bonds. The van der Waals surface area contributed by atoms with E-state index in [9.17, 15) is 13.6 Å². The third-order valence-electron chi connectivity index (χ3n) is 3.81. The summed E-state index contributed by atoms with van der Waals surface area (Å²) in [7, 11) is 1.84. The standard InChI is InChI=1S/C20H24F2N2O3/c1-15-3-7-17(8-4-15)26-12-11-24(2)14-19(25)23-13-16-5-9-18(10-6-16)27-20(21)22/h3-10,20H,11-14H2,1-2H3,(H,23,25). The van der Waals surface area contributed by atoms with Gasteiger partial charge in [0, 0.05) is 13.1 Å². The van der Waals surface area contributed by atoms with Gasteiger partial charge in [0.05, 0.1) is 6.54 Å². The smallest absolute Gasteiger partial charge is 0.387 e. The molecule has 0 aliphatic heterocycles. The van der Waals surface area contributed by atoms with Gasteiger partial charge in [-0.1, -0.05) is 29.8 Å². The number of rotatable bonds is 10. The lowest BCUT2D eigenvalue weighted by Crippen LogP contribution is -2.36. The highest BCUT2D eigenvalue weighted by Crippen LogP contribution is 2.14. The Kier molecular flexibility index (Phi) is 8.00. The molecule has 27 heavy (non-hydrogen) atoms. The molecule has 2 rings (SSSR count). The summed E-state index contributed by atoms with van der Waals surface area (Å²) in [5, 5.41) is 2.79. The quantitative estimate of drug-likeness (QED) is 0.690. The van der Waals surface area contributed by atoms with E-state index in [1.807, 2.05) is 43.1 Å². The second-order valence-electron chi connectivity index (χ2n) is 6.20. The molecule has 0 saturated carbocycles. The van der Waals surface area contributed by atoms with Crippen molar-refractivity contribution in [2.75, 3.05) is 26.7 Å². The predicted molar refractivity (Wildman–Crippen MR) is 99.1 cm³/mol. The van der Waals surface area contributed by atoms with Crippen molar-refractivity contribution >= 4 is 5.91 Å². The van der Waals surface area contributed by atoms with E-state index in [0.717, 1.165) is 11.3 Å². The monoisotopic (exact) mass is 378 g/mol. The van der Waals surface area contributed by atoms with E-state index in [2.05, 4.69) is 10.1 Å². The van der Waals surface area contributed by atoms with E-state index in [4.69, 9.17) is 4.74 Å². The number of nitrogens with one attached hydrogen (secondary N) is 1. The molecular formula is C20H24F2N2O3. The van der Waals surface area contributed by atoms with Crippen LogP contribution in [0.2, 0.25) is 0 Å². The number of likely N-dealkylation sites (N-methyl/N-ethyl adjacent to an activating group) is 1. The number of ether oxygens (including phenoxy) is 2. The molecular weight excluding hydrogens is 354 g/mol. The second-order valence-corrected chi connectivity index (χ2v) is 6.20. The molecule has 0 aromatic heterocycles. The summed E-state index contributed by atoms with van der Waals surface area (Å²) in [5.41, 5.74) is 1.97. The van der Waals surface area contributed by atoms with Crippen LogP contribution in [0, 0.1) is 6.92 Å². The third kappa shape index (κ3) is 8.04. The Morgan fingerprint density at radius 2 is 1.70 bits per heavy atom. The van der Waals surface area contributed by atoms with Crippen LogP contribution in [0.4, 0.5) is 8.78 Å². The molecule has 1 N–H and O–H groups in total. The summed E-state index contributed by atoms with van der Waals surface area (Å²) >= 11 is 0. The highest BCUT2D eigenvalue weighted by molar-refractivity contribution is 5.77. The molecule has 146 valence electrons. The van der Waals surface area contributed by atoms with Gasteiger partial charge in [0.1, 0.15) is 18.1 Å². The van der Waals surface area contributed by atoms with E-state index < -0.39 is 6.61 Å². The van der Waals surface area contributed by atoms with Gasteiger partial charge < -0.3 is 14.8 Å². The zero-order valence-corrected chi connectivity index (χ0v) is 15.5. The highest BCUT2D eigenvalue weighted by atomic mass is 19.3. The summed E-state index contributed by atoms with van der Waals surface area (Å²) in [6.45, 7) is 0.827. The predicted octanol–water partition coefficient (Wildman–Crippen LogP) is 3.22. The maximum atomic E-state index is 12.1. The molecule has 5 nitrogen and oxygen atoms in total. The van der Waals surface area contributed by atoms with Crippen molar-refractivity contribution in [3.63, 3.8) is 0 Å². The molecule has 0 atom stereocenters. The van der Waals surface area contributed by atoms with Crippen LogP contribution in [-0.4, -0.2) is 44.2 Å². The average molecular weight is 378 g/mol. The number of carbonyl (C=O) groups is 1. The molecule has 0 radical (unpaired) electrons. The first-order valence-corrected chi connectivity index (χ1v) is 8.61. The van der Waals surface area contributed by atoms with Gasteiger partial charge in [-0.05, 0) is 43.8 Å². The molecule has 7 heteroatoms. The largest absolute Gasteiger partial charge is 0.492 e. The molecule has 0 heterocycles. The summed E-state index contributed by atoms with van der Waals surface area (Å²) in [5.74, 6) is 0.770. The molecule has 2 aromatic rings. The van der Waals surface area contributed by atoms with Gasteiger partial charge in [-0.25, -0.2) is 0 Å². The van der Waals surface area contributed by atoms with Gasteiger partial charge in [-0.15, -0.1) is 0 Å². The number of carbonyl (C=O) groups excluding carboxylic acids is 1. The Morgan fingerprint density at radius 1 is 1.07 bits per heavy atom. The van der Waals surface area contributed by atoms with E-state index >= 15 is 0 Å². The minimum absolute atomic E-state index is 0.0911. The molecule has 0 bridgehead atoms. The normalized spacial score (nSPS) is 10.9. The Balaban J connectivity index is 1.64. The summed E-state index contributed by atoms with van der Waals surface area (Å²) < 4.78 is 34.1. The fourth-order valence-corrected chi connectivity index (χ4v) is 2.32. The van der Waals surface area contributed by atoms with Crippen molar-refractivity contribution in [3.8, 4) is 11.5 Å². The first-order valence-electron chi connectivity index (χ1n) is 8.61. The first kappa shape index (κ1) is 20.6. The van der Waals surface area contributed by atoms with Crippen LogP contribution in [0.1, 0.15) is 11.1 Å². The van der Waals surface area contributed by atoms with Crippen LogP contribution >= 0.6 is 0 Å². The maximum Gasteiger partial charge on any atom is 0.387 e. The van der Waals surface area contributed by atoms with Gasteiger partial charge >= 0.3 is 6.61 Å². The second kappa shape index (κ2) is 10.5. The van der Waals surface area contributed by atoms with E-state index in [-0.39, 0.29) is 18.2 Å². The minimum Gasteiger partial charge on any atom is -0.492 e. The van der Waals surface area contributed by atoms with Crippen LogP contribution in [0.15, 0.2) is 48.5 Å². The van der Waals surface area contributed by atoms with Gasteiger partial charge in [0.15, 0.2) is 0 Å². The average Bonchev–Trinajstić information content (AvgIpc) is 2.62. The Labute approximate surface area is 157 Å². The van der Waals surface area contributed by atoms with Gasteiger partial charge in [0.25, 0.3) is 0 Å². The Morgan fingerprint density at radius 3 is 2.33 bits per heavy atom. The molecule has 0 unspecified atom stereocenters. The molecule has 0 aliphatic carbocycles. The highest BCUT2D eigenvalue weighted by Gasteiger charge is 2.07. The fraction of sp³-hybridized carbons (Fsp3) is 0.350. The van der Waals surface area contributed by atoms with Crippen molar-refractivity contribution in [1.29, 1.82) is 0 Å². The van der Waals surface area contributed by atoms with Crippen LogP contribution in [0.3, 0.4) is 0 Å². The van der Waals surface area contributed by atoms with Crippen molar-refractivity contribution in [3.05, 3.63) is 59.7 Å². The minimum atomic E-state index is -2.85. The van der Waals surface area contributed by atoms with E-state index in [1.54, 1.807) is 12.1 Å². The van der Waals surface area contributed by atoms with Crippen molar-refractivity contribution in [2.24, 2.45) is 0 Å². The Hall–Kier alpha value is -2.67. The number of benzene rings is 2. The number of aryl methyl sites for hydroxylation is 1. The lowest BCUT2D eigenvalue weighted by Gasteiger charge is -2.17. The molecule has 0 spiro atoms. The lowest BCUT2D eigenvalue weighted by molar-refractivity contribution is -0.122. The number of hydrogen-bond acceptors (Lipinski definition) is 4. The maximum absolute atomic E-state index is 12.1. The van der Waals surface area contributed by atoms with Crippen molar-refractivity contribution in [1.82, 2.24) is 10.2 Å². The Bertz CT molecular complexity index is 706. The molecule has 0 saturated heterocycles. The number of hydrogen-bond donors (Lipinski definition) is 1. The van der Waals surface area contributed by atoms with Crippen LogP contribution < -0.4 is 14.8 Å². The number of amides is 1. The van der Waals surface area contributed by atoms with Gasteiger partial charge in [-0.2, -0.15) is 8.78 Å². The van der Waals surface area contributed by atoms with Crippen molar-refractivity contribution < 1.29 is 23.0 Å². The van der Waals surface area contributed by atoms with Gasteiger partial charge in [0.2, 0.25) is 5.91 Å². The lowest BCUT2D eigenvalue weighted by atomic mass is 10.2. The summed E-state index contributed by atoms with van der Waals surface area (Å²) in [6, 6.07) is 14.0. The summed E-state index contributed by atoms with van der Waals surface area (Å²) in [4.78, 5) is 13.9. The number of halogens is 2. The topological polar surface area (TPSA) is 50.8 Å². The van der Waals surface area contributed by atoms with Crippen LogP contribution in [0.25, 0.3) is 0 Å². The van der Waals surface area contributed by atoms with E-state index in [1.165, 1.54) is 17.7 Å². The first-order chi connectivity index (χ1) is 12.9. The van der Waals surface area contributed by atoms with Crippen LogP contribution in [-0.2, 0) is 11.3 Å². The van der Waals surface area contributed by atoms with E-state index in [0.29, 0.717) is 19.7 Å².